The average Bonchev–Trinajstić information content (AvgIpc) is 3.35. The number of hydrogen-bond acceptors (Lipinski definition) is 4. The molecule has 4 nitrogen and oxygen atoms in total. The Labute approximate surface area is 131 Å². The van der Waals surface area contributed by atoms with Crippen molar-refractivity contribution in [2.24, 2.45) is 0 Å². The van der Waals surface area contributed by atoms with Gasteiger partial charge >= 0.3 is 0 Å². The average molecular weight is 292 g/mol. The summed E-state index contributed by atoms with van der Waals surface area (Å²) in [7, 11) is 0. The van der Waals surface area contributed by atoms with Crippen LogP contribution in [0, 0.1) is 11.3 Å². The molecule has 1 saturated carbocycles. The molecule has 1 aliphatic rings. The van der Waals surface area contributed by atoms with E-state index in [0.717, 1.165) is 24.2 Å². The summed E-state index contributed by atoms with van der Waals surface area (Å²) in [5.74, 6) is 0.470. The van der Waals surface area contributed by atoms with E-state index in [1.165, 1.54) is 18.4 Å². The summed E-state index contributed by atoms with van der Waals surface area (Å²) in [6.45, 7) is 4.33. The Hall–Kier alpha value is -2.28. The number of nitriles is 1. The first-order valence-corrected chi connectivity index (χ1v) is 7.82. The molecule has 0 radical (unpaired) electrons. The monoisotopic (exact) mass is 292 g/mol. The third-order valence-electron chi connectivity index (χ3n) is 4.54. The van der Waals surface area contributed by atoms with Gasteiger partial charge in [0.25, 0.3) is 0 Å². The molecule has 0 unspecified atom stereocenters. The maximum atomic E-state index is 8.75. The first-order valence-electron chi connectivity index (χ1n) is 7.82. The molecule has 0 bridgehead atoms. The fourth-order valence-corrected chi connectivity index (χ4v) is 2.81. The molecule has 2 aromatic heterocycles. The van der Waals surface area contributed by atoms with Crippen LogP contribution in [0.5, 0.6) is 0 Å². The first-order chi connectivity index (χ1) is 10.6. The van der Waals surface area contributed by atoms with E-state index >= 15 is 0 Å². The zero-order valence-electron chi connectivity index (χ0n) is 13.1. The molecular weight excluding hydrogens is 272 g/mol. The number of aromatic nitrogens is 3. The van der Waals surface area contributed by atoms with E-state index in [9.17, 15) is 0 Å². The third-order valence-corrected chi connectivity index (χ3v) is 4.54. The van der Waals surface area contributed by atoms with Crippen molar-refractivity contribution < 1.29 is 0 Å². The van der Waals surface area contributed by atoms with Gasteiger partial charge < -0.3 is 0 Å². The van der Waals surface area contributed by atoms with E-state index in [1.807, 2.05) is 18.3 Å². The van der Waals surface area contributed by atoms with E-state index in [0.29, 0.717) is 11.6 Å². The van der Waals surface area contributed by atoms with Crippen molar-refractivity contribution in [2.45, 2.75) is 50.9 Å². The Kier molecular flexibility index (Phi) is 3.89. The van der Waals surface area contributed by atoms with Crippen LogP contribution in [0.15, 0.2) is 30.5 Å². The van der Waals surface area contributed by atoms with Gasteiger partial charge in [-0.3, -0.25) is 4.98 Å². The van der Waals surface area contributed by atoms with Crippen LogP contribution in [0.4, 0.5) is 0 Å². The van der Waals surface area contributed by atoms with E-state index in [4.69, 9.17) is 5.26 Å². The van der Waals surface area contributed by atoms with Crippen molar-refractivity contribution in [3.05, 3.63) is 53.1 Å². The van der Waals surface area contributed by atoms with Crippen molar-refractivity contribution in [3.63, 3.8) is 0 Å². The van der Waals surface area contributed by atoms with E-state index in [-0.39, 0.29) is 5.41 Å². The van der Waals surface area contributed by atoms with Crippen molar-refractivity contribution in [1.29, 1.82) is 5.26 Å². The van der Waals surface area contributed by atoms with Crippen LogP contribution in [0.2, 0.25) is 0 Å². The second-order valence-corrected chi connectivity index (χ2v) is 6.43. The third kappa shape index (κ3) is 2.99. The number of rotatable bonds is 5. The van der Waals surface area contributed by atoms with Gasteiger partial charge in [0.2, 0.25) is 0 Å². The van der Waals surface area contributed by atoms with Crippen LogP contribution >= 0.6 is 0 Å². The highest BCUT2D eigenvalue weighted by Crippen LogP contribution is 2.51. The maximum Gasteiger partial charge on any atom is 0.163 e. The summed E-state index contributed by atoms with van der Waals surface area (Å²) in [5.41, 5.74) is 4.10. The molecule has 0 amide bonds. The molecule has 0 aromatic carbocycles. The molecule has 1 aliphatic carbocycles. The Bertz CT molecular complexity index is 677. The lowest BCUT2D eigenvalue weighted by molar-refractivity contribution is 0.604. The van der Waals surface area contributed by atoms with Gasteiger partial charge in [0.05, 0.1) is 5.69 Å². The number of hydrogen-bond donors (Lipinski definition) is 0. The van der Waals surface area contributed by atoms with E-state index in [1.54, 1.807) is 6.07 Å². The second-order valence-electron chi connectivity index (χ2n) is 6.43. The SMILES string of the molecule is CC(C)c1ccc(C2(CCc3ccc(C#N)nn3)CC2)cn1. The summed E-state index contributed by atoms with van der Waals surface area (Å²) < 4.78 is 0. The van der Waals surface area contributed by atoms with Crippen LogP contribution in [-0.4, -0.2) is 15.2 Å². The highest BCUT2D eigenvalue weighted by atomic mass is 15.1. The van der Waals surface area contributed by atoms with Crippen LogP contribution in [0.1, 0.15) is 61.7 Å². The summed E-state index contributed by atoms with van der Waals surface area (Å²) in [6.07, 6.45) is 6.45. The molecule has 2 heterocycles. The quantitative estimate of drug-likeness (QED) is 0.845. The summed E-state index contributed by atoms with van der Waals surface area (Å²) >= 11 is 0. The van der Waals surface area contributed by atoms with Crippen molar-refractivity contribution in [1.82, 2.24) is 15.2 Å². The van der Waals surface area contributed by atoms with Gasteiger partial charge in [-0.15, -0.1) is 5.10 Å². The molecule has 2 aromatic rings. The minimum Gasteiger partial charge on any atom is -0.261 e. The fourth-order valence-electron chi connectivity index (χ4n) is 2.81. The summed E-state index contributed by atoms with van der Waals surface area (Å²) in [6, 6.07) is 10.0. The zero-order chi connectivity index (χ0) is 15.6. The topological polar surface area (TPSA) is 62.5 Å². The molecule has 1 fully saturated rings. The Morgan fingerprint density at radius 2 is 2.00 bits per heavy atom. The molecule has 22 heavy (non-hydrogen) atoms. The molecule has 3 rings (SSSR count). The standard InChI is InChI=1S/C18H20N4/c1-13(2)17-6-3-14(12-20-17)18(9-10-18)8-7-15-4-5-16(11-19)22-21-15/h3-6,12-13H,7-10H2,1-2H3. The largest absolute Gasteiger partial charge is 0.261 e. The highest BCUT2D eigenvalue weighted by molar-refractivity contribution is 5.31. The van der Waals surface area contributed by atoms with Crippen molar-refractivity contribution >= 4 is 0 Å². The second kappa shape index (κ2) is 5.84. The number of nitrogens with zero attached hydrogens (tertiary/aromatic N) is 4. The molecule has 0 saturated heterocycles. The van der Waals surface area contributed by atoms with Gasteiger partial charge in [-0.1, -0.05) is 19.9 Å². The minimum absolute atomic E-state index is 0.276. The van der Waals surface area contributed by atoms with Crippen molar-refractivity contribution in [2.75, 3.05) is 0 Å². The lowest BCUT2D eigenvalue weighted by atomic mass is 9.91. The minimum atomic E-state index is 0.276. The van der Waals surface area contributed by atoms with Gasteiger partial charge in [0, 0.05) is 11.9 Å². The molecule has 0 atom stereocenters. The van der Waals surface area contributed by atoms with Crippen LogP contribution < -0.4 is 0 Å². The van der Waals surface area contributed by atoms with Gasteiger partial charge in [0.1, 0.15) is 6.07 Å². The normalized spacial score (nSPS) is 15.5. The van der Waals surface area contributed by atoms with E-state index < -0.39 is 0 Å². The maximum absolute atomic E-state index is 8.75. The predicted octanol–water partition coefficient (Wildman–Crippen LogP) is 3.53. The van der Waals surface area contributed by atoms with Gasteiger partial charge in [0.15, 0.2) is 5.69 Å². The van der Waals surface area contributed by atoms with E-state index in [2.05, 4.69) is 41.2 Å². The number of pyridine rings is 1. The van der Waals surface area contributed by atoms with Crippen molar-refractivity contribution in [3.8, 4) is 6.07 Å². The van der Waals surface area contributed by atoms with Gasteiger partial charge in [-0.05, 0) is 60.8 Å². The smallest absolute Gasteiger partial charge is 0.163 e. The van der Waals surface area contributed by atoms with Crippen LogP contribution in [0.25, 0.3) is 0 Å². The fraction of sp³-hybridized carbons (Fsp3) is 0.444. The first kappa shape index (κ1) is 14.6. The lowest BCUT2D eigenvalue weighted by Crippen LogP contribution is -2.10. The Balaban J connectivity index is 1.67. The number of aryl methyl sites for hydroxylation is 1. The zero-order valence-corrected chi connectivity index (χ0v) is 13.1. The summed E-state index contributed by atoms with van der Waals surface area (Å²) in [4.78, 5) is 4.60. The lowest BCUT2D eigenvalue weighted by Gasteiger charge is -2.16. The summed E-state index contributed by atoms with van der Waals surface area (Å²) in [5, 5.41) is 16.8. The van der Waals surface area contributed by atoms with Gasteiger partial charge in [-0.2, -0.15) is 10.4 Å². The highest BCUT2D eigenvalue weighted by Gasteiger charge is 2.43. The molecule has 112 valence electrons. The van der Waals surface area contributed by atoms with Gasteiger partial charge in [-0.25, -0.2) is 0 Å². The predicted molar refractivity (Wildman–Crippen MR) is 84.3 cm³/mol. The molecule has 0 N–H and O–H groups in total. The van der Waals surface area contributed by atoms with Crippen LogP contribution in [-0.2, 0) is 11.8 Å². The molecular formula is C18H20N4. The molecule has 0 spiro atoms. The molecule has 0 aliphatic heterocycles. The Morgan fingerprint density at radius 1 is 1.18 bits per heavy atom. The van der Waals surface area contributed by atoms with Crippen LogP contribution in [0.3, 0.4) is 0 Å². The Morgan fingerprint density at radius 3 is 2.50 bits per heavy atom. The molecule has 4 heteroatoms.